The molecule has 3 heterocycles. The van der Waals surface area contributed by atoms with Gasteiger partial charge in [-0.15, -0.1) is 0 Å². The summed E-state index contributed by atoms with van der Waals surface area (Å²) >= 11 is 0. The highest BCUT2D eigenvalue weighted by molar-refractivity contribution is 5.87. The van der Waals surface area contributed by atoms with E-state index in [4.69, 9.17) is 20.8 Å². The van der Waals surface area contributed by atoms with E-state index in [2.05, 4.69) is 27.9 Å². The van der Waals surface area contributed by atoms with Gasteiger partial charge in [-0.1, -0.05) is 24.3 Å². The first-order chi connectivity index (χ1) is 18.1. The average Bonchev–Trinajstić information content (AvgIpc) is 3.26. The molecule has 1 atom stereocenters. The van der Waals surface area contributed by atoms with Crippen molar-refractivity contribution >= 4 is 16.6 Å². The van der Waals surface area contributed by atoms with Gasteiger partial charge in [0, 0.05) is 30.2 Å². The highest BCUT2D eigenvalue weighted by atomic mass is 16.5. The number of hydrogen-bond acceptors (Lipinski definition) is 5. The Labute approximate surface area is 216 Å². The minimum absolute atomic E-state index is 0.0424. The smallest absolute Gasteiger partial charge is 0.187 e. The predicted molar refractivity (Wildman–Crippen MR) is 141 cm³/mol. The molecule has 1 aromatic heterocycles. The highest BCUT2D eigenvalue weighted by Gasteiger charge is 2.36. The monoisotopic (exact) mass is 495 g/mol. The van der Waals surface area contributed by atoms with Crippen molar-refractivity contribution < 1.29 is 19.3 Å². The van der Waals surface area contributed by atoms with Gasteiger partial charge in [0.2, 0.25) is 0 Å². The van der Waals surface area contributed by atoms with Gasteiger partial charge in [-0.05, 0) is 65.4 Å². The molecular formula is C30H29N3O4. The van der Waals surface area contributed by atoms with E-state index >= 15 is 0 Å². The summed E-state index contributed by atoms with van der Waals surface area (Å²) < 4.78 is 19.5. The first-order valence-corrected chi connectivity index (χ1v) is 12.5. The first-order valence-electron chi connectivity index (χ1n) is 12.5. The van der Waals surface area contributed by atoms with Gasteiger partial charge in [-0.25, -0.2) is 4.85 Å². The lowest BCUT2D eigenvalue weighted by Gasteiger charge is -2.41. The maximum Gasteiger partial charge on any atom is 0.187 e. The number of fused-ring (bicyclic) bond motifs is 6. The number of aromatic nitrogens is 1. The van der Waals surface area contributed by atoms with Gasteiger partial charge in [0.05, 0.1) is 26.3 Å². The summed E-state index contributed by atoms with van der Waals surface area (Å²) in [6.45, 7) is 9.23. The largest absolute Gasteiger partial charge is 0.497 e. The molecule has 0 amide bonds. The number of rotatable bonds is 6. The van der Waals surface area contributed by atoms with Crippen molar-refractivity contribution in [2.24, 2.45) is 0 Å². The molecule has 7 heteroatoms. The maximum atomic E-state index is 10.2. The SMILES string of the molecule is [C-]#[N+]c1ccc(COc2cc3c(cc2OC)CCN2Cc4c(c5cc(OC)ccc5n4CO)CC32)cc1. The third-order valence-corrected chi connectivity index (χ3v) is 7.74. The summed E-state index contributed by atoms with van der Waals surface area (Å²) in [7, 11) is 3.36. The molecule has 2 aliphatic heterocycles. The molecule has 188 valence electrons. The van der Waals surface area contributed by atoms with Crippen molar-refractivity contribution in [3.8, 4) is 17.2 Å². The van der Waals surface area contributed by atoms with Crippen molar-refractivity contribution in [2.45, 2.75) is 38.8 Å². The number of ether oxygens (including phenoxy) is 3. The van der Waals surface area contributed by atoms with Crippen molar-refractivity contribution in [3.63, 3.8) is 0 Å². The van der Waals surface area contributed by atoms with Crippen molar-refractivity contribution in [1.29, 1.82) is 0 Å². The molecule has 37 heavy (non-hydrogen) atoms. The summed E-state index contributed by atoms with van der Waals surface area (Å²) in [5.41, 5.74) is 7.67. The quantitative estimate of drug-likeness (QED) is 0.363. The van der Waals surface area contributed by atoms with Crippen LogP contribution in [0.4, 0.5) is 5.69 Å². The summed E-state index contributed by atoms with van der Waals surface area (Å²) in [5.74, 6) is 2.28. The Hall–Kier alpha value is -3.99. The molecule has 7 nitrogen and oxygen atoms in total. The molecule has 0 saturated heterocycles. The van der Waals surface area contributed by atoms with Gasteiger partial charge >= 0.3 is 0 Å². The van der Waals surface area contributed by atoms with Crippen LogP contribution in [0, 0.1) is 6.57 Å². The van der Waals surface area contributed by atoms with Crippen molar-refractivity contribution in [1.82, 2.24) is 9.47 Å². The van der Waals surface area contributed by atoms with E-state index < -0.39 is 0 Å². The van der Waals surface area contributed by atoms with E-state index in [0.29, 0.717) is 12.3 Å². The summed E-state index contributed by atoms with van der Waals surface area (Å²) in [6, 6.07) is 18.0. The van der Waals surface area contributed by atoms with Crippen molar-refractivity contribution in [2.75, 3.05) is 20.8 Å². The molecule has 0 radical (unpaired) electrons. The van der Waals surface area contributed by atoms with Gasteiger partial charge in [0.15, 0.2) is 17.2 Å². The molecule has 1 unspecified atom stereocenters. The molecular weight excluding hydrogens is 466 g/mol. The number of nitrogens with zero attached hydrogens (tertiary/aromatic N) is 3. The molecule has 4 aromatic rings. The van der Waals surface area contributed by atoms with Gasteiger partial charge in [-0.2, -0.15) is 0 Å². The highest BCUT2D eigenvalue weighted by Crippen LogP contribution is 2.45. The minimum atomic E-state index is -0.0424. The van der Waals surface area contributed by atoms with E-state index in [1.807, 2.05) is 41.0 Å². The van der Waals surface area contributed by atoms with E-state index in [-0.39, 0.29) is 12.8 Å². The van der Waals surface area contributed by atoms with Crippen LogP contribution in [0.15, 0.2) is 54.6 Å². The van der Waals surface area contributed by atoms with Gasteiger partial charge < -0.3 is 23.9 Å². The van der Waals surface area contributed by atoms with E-state index in [1.165, 1.54) is 22.4 Å². The molecule has 0 bridgehead atoms. The molecule has 6 rings (SSSR count). The fraction of sp³-hybridized carbons (Fsp3) is 0.300. The van der Waals surface area contributed by atoms with Crippen LogP contribution < -0.4 is 14.2 Å². The molecule has 1 N–H and O–H groups in total. The summed E-state index contributed by atoms with van der Waals surface area (Å²) in [6.07, 6.45) is 1.78. The molecule has 2 aliphatic rings. The zero-order valence-electron chi connectivity index (χ0n) is 21.0. The topological polar surface area (TPSA) is 60.5 Å². The Morgan fingerprint density at radius 2 is 1.86 bits per heavy atom. The van der Waals surface area contributed by atoms with Crippen LogP contribution in [0.5, 0.6) is 17.2 Å². The summed E-state index contributed by atoms with van der Waals surface area (Å²) in [4.78, 5) is 5.96. The van der Waals surface area contributed by atoms with Crippen LogP contribution in [0.25, 0.3) is 15.7 Å². The predicted octanol–water partition coefficient (Wildman–Crippen LogP) is 5.39. The van der Waals surface area contributed by atoms with Crippen LogP contribution in [-0.2, 0) is 32.7 Å². The standard InChI is InChI=1S/C30H29N3O4/c1-31-21-6-4-19(5-7-21)17-37-30-15-23-20(12-29(30)36-3)10-11-32-16-28-25(14-27(23)32)24-13-22(35-2)8-9-26(24)33(28)18-34/h4-9,12-13,15,27,34H,10-11,14,16-18H2,2-3H3. The Morgan fingerprint density at radius 3 is 2.59 bits per heavy atom. The lowest BCUT2D eigenvalue weighted by Crippen LogP contribution is -2.39. The Balaban J connectivity index is 1.36. The Bertz CT molecular complexity index is 1520. The normalized spacial score (nSPS) is 16.4. The zero-order chi connectivity index (χ0) is 25.5. The Morgan fingerprint density at radius 1 is 1.03 bits per heavy atom. The minimum Gasteiger partial charge on any atom is -0.497 e. The lowest BCUT2D eigenvalue weighted by atomic mass is 9.85. The van der Waals surface area contributed by atoms with Gasteiger partial charge in [0.1, 0.15) is 19.1 Å². The number of aliphatic hydroxyl groups is 1. The molecule has 0 spiro atoms. The summed E-state index contributed by atoms with van der Waals surface area (Å²) in [5, 5.41) is 11.3. The number of hydrogen-bond donors (Lipinski definition) is 1. The van der Waals surface area contributed by atoms with Gasteiger partial charge in [-0.3, -0.25) is 4.90 Å². The molecule has 3 aromatic carbocycles. The van der Waals surface area contributed by atoms with E-state index in [1.54, 1.807) is 14.2 Å². The lowest BCUT2D eigenvalue weighted by molar-refractivity contribution is 0.145. The second-order valence-electron chi connectivity index (χ2n) is 9.59. The fourth-order valence-corrected chi connectivity index (χ4v) is 5.83. The maximum absolute atomic E-state index is 10.2. The number of benzene rings is 3. The van der Waals surface area contributed by atoms with Crippen LogP contribution in [0.3, 0.4) is 0 Å². The molecule has 0 saturated carbocycles. The van der Waals surface area contributed by atoms with Crippen LogP contribution in [-0.4, -0.2) is 35.3 Å². The zero-order valence-corrected chi connectivity index (χ0v) is 21.0. The van der Waals surface area contributed by atoms with Crippen LogP contribution >= 0.6 is 0 Å². The van der Waals surface area contributed by atoms with E-state index in [0.717, 1.165) is 59.6 Å². The fourth-order valence-electron chi connectivity index (χ4n) is 5.83. The average molecular weight is 496 g/mol. The van der Waals surface area contributed by atoms with Crippen LogP contribution in [0.1, 0.15) is 34.0 Å². The Kier molecular flexibility index (Phi) is 5.99. The van der Waals surface area contributed by atoms with E-state index in [9.17, 15) is 5.11 Å². The second-order valence-corrected chi connectivity index (χ2v) is 9.59. The van der Waals surface area contributed by atoms with Gasteiger partial charge in [0.25, 0.3) is 0 Å². The molecule has 0 aliphatic carbocycles. The van der Waals surface area contributed by atoms with Crippen molar-refractivity contribution in [3.05, 3.63) is 94.0 Å². The van der Waals surface area contributed by atoms with Crippen LogP contribution in [0.2, 0.25) is 0 Å². The number of aliphatic hydroxyl groups excluding tert-OH is 1. The second kappa shape index (κ2) is 9.47. The third kappa shape index (κ3) is 3.99. The molecule has 0 fully saturated rings. The first kappa shape index (κ1) is 23.4. The number of methoxy groups -OCH3 is 2. The third-order valence-electron chi connectivity index (χ3n) is 7.74.